The Morgan fingerprint density at radius 1 is 1.23 bits per heavy atom. The van der Waals surface area contributed by atoms with E-state index in [0.29, 0.717) is 13.0 Å². The van der Waals surface area contributed by atoms with Gasteiger partial charge in [0.15, 0.2) is 0 Å². The molecule has 0 saturated carbocycles. The lowest BCUT2D eigenvalue weighted by molar-refractivity contribution is -0.122. The zero-order valence-electron chi connectivity index (χ0n) is 13.2. The molecule has 1 fully saturated rings. The summed E-state index contributed by atoms with van der Waals surface area (Å²) in [7, 11) is 0. The summed E-state index contributed by atoms with van der Waals surface area (Å²) in [6.07, 6.45) is 5.44. The molecular formula is C18H26N2O2. The van der Waals surface area contributed by atoms with Crippen molar-refractivity contribution >= 4 is 5.91 Å². The number of hydrogen-bond acceptors (Lipinski definition) is 3. The van der Waals surface area contributed by atoms with Crippen LogP contribution in [0.4, 0.5) is 0 Å². The number of rotatable bonds is 5. The Bertz CT molecular complexity index is 498. The van der Waals surface area contributed by atoms with Gasteiger partial charge in [0.2, 0.25) is 5.91 Å². The van der Waals surface area contributed by atoms with Gasteiger partial charge in [-0.2, -0.15) is 0 Å². The van der Waals surface area contributed by atoms with E-state index in [9.17, 15) is 4.79 Å². The molecule has 0 bridgehead atoms. The lowest BCUT2D eigenvalue weighted by Crippen LogP contribution is -2.36. The normalized spacial score (nSPS) is 22.1. The summed E-state index contributed by atoms with van der Waals surface area (Å²) in [5, 5.41) is 3.04. The van der Waals surface area contributed by atoms with Crippen molar-refractivity contribution < 1.29 is 9.53 Å². The van der Waals surface area contributed by atoms with E-state index in [1.54, 1.807) is 0 Å². The molecule has 0 radical (unpaired) electrons. The van der Waals surface area contributed by atoms with Gasteiger partial charge in [-0.15, -0.1) is 0 Å². The molecule has 1 atom stereocenters. The molecule has 2 aliphatic heterocycles. The van der Waals surface area contributed by atoms with E-state index < -0.39 is 0 Å². The Morgan fingerprint density at radius 3 is 2.91 bits per heavy atom. The molecule has 2 heterocycles. The van der Waals surface area contributed by atoms with Gasteiger partial charge in [0.1, 0.15) is 6.10 Å². The summed E-state index contributed by atoms with van der Waals surface area (Å²) in [5.74, 6) is 0.136. The van der Waals surface area contributed by atoms with Crippen molar-refractivity contribution in [1.82, 2.24) is 10.2 Å². The molecule has 120 valence electrons. The fraction of sp³-hybridized carbons (Fsp3) is 0.611. The number of fused-ring (bicyclic) bond motifs is 1. The third kappa shape index (κ3) is 4.08. The second-order valence-corrected chi connectivity index (χ2v) is 6.26. The topological polar surface area (TPSA) is 41.6 Å². The Kier molecular flexibility index (Phi) is 5.46. The van der Waals surface area contributed by atoms with Crippen LogP contribution in [0, 0.1) is 0 Å². The smallest absolute Gasteiger partial charge is 0.221 e. The number of amides is 1. The van der Waals surface area contributed by atoms with Gasteiger partial charge in [0.05, 0.1) is 6.61 Å². The van der Waals surface area contributed by atoms with Gasteiger partial charge in [0.25, 0.3) is 0 Å². The predicted octanol–water partition coefficient (Wildman–Crippen LogP) is 2.29. The molecule has 2 aliphatic rings. The highest BCUT2D eigenvalue weighted by Crippen LogP contribution is 2.26. The number of likely N-dealkylation sites (tertiary alicyclic amines) is 1. The molecule has 1 saturated heterocycles. The van der Waals surface area contributed by atoms with Gasteiger partial charge >= 0.3 is 0 Å². The van der Waals surface area contributed by atoms with E-state index in [-0.39, 0.29) is 12.0 Å². The maximum Gasteiger partial charge on any atom is 0.221 e. The molecule has 0 spiro atoms. The van der Waals surface area contributed by atoms with E-state index in [2.05, 4.69) is 28.4 Å². The highest BCUT2D eigenvalue weighted by Gasteiger charge is 2.21. The Hall–Kier alpha value is -1.39. The summed E-state index contributed by atoms with van der Waals surface area (Å²) in [4.78, 5) is 14.4. The van der Waals surface area contributed by atoms with Gasteiger partial charge < -0.3 is 15.0 Å². The van der Waals surface area contributed by atoms with Crippen LogP contribution in [0.5, 0.6) is 0 Å². The molecule has 4 heteroatoms. The van der Waals surface area contributed by atoms with Gasteiger partial charge in [-0.05, 0) is 43.5 Å². The maximum atomic E-state index is 12.0. The number of benzene rings is 1. The van der Waals surface area contributed by atoms with Crippen molar-refractivity contribution in [1.29, 1.82) is 0 Å². The molecule has 0 unspecified atom stereocenters. The van der Waals surface area contributed by atoms with Crippen LogP contribution in [0.1, 0.15) is 42.9 Å². The first-order valence-corrected chi connectivity index (χ1v) is 8.51. The van der Waals surface area contributed by atoms with E-state index in [4.69, 9.17) is 4.74 Å². The minimum atomic E-state index is 0.00360. The minimum absolute atomic E-state index is 0.00360. The van der Waals surface area contributed by atoms with Crippen molar-refractivity contribution in [2.45, 2.75) is 38.2 Å². The van der Waals surface area contributed by atoms with Crippen LogP contribution in [0.25, 0.3) is 0 Å². The van der Waals surface area contributed by atoms with E-state index in [1.165, 1.54) is 30.4 Å². The highest BCUT2D eigenvalue weighted by atomic mass is 16.5. The average molecular weight is 302 g/mol. The second kappa shape index (κ2) is 7.75. The first kappa shape index (κ1) is 15.5. The monoisotopic (exact) mass is 302 g/mol. The molecule has 4 nitrogen and oxygen atoms in total. The first-order chi connectivity index (χ1) is 10.8. The molecule has 1 amide bonds. The van der Waals surface area contributed by atoms with Gasteiger partial charge in [0, 0.05) is 19.5 Å². The Balaban J connectivity index is 1.43. The number of hydrogen-bond donors (Lipinski definition) is 1. The zero-order chi connectivity index (χ0) is 15.2. The summed E-state index contributed by atoms with van der Waals surface area (Å²) < 4.78 is 5.82. The standard InChI is InChI=1S/C18H26N2O2/c21-18(8-12-20-10-4-1-5-11-20)19-14-17-16-7-3-2-6-15(16)9-13-22-17/h2-3,6-7,17H,1,4-5,8-14H2,(H,19,21)/t17-/m0/s1. The molecule has 3 rings (SSSR count). The SMILES string of the molecule is O=C(CCN1CCCCC1)NC[C@@H]1OCCc2ccccc21. The van der Waals surface area contributed by atoms with Crippen LogP contribution in [0.3, 0.4) is 0 Å². The van der Waals surface area contributed by atoms with Gasteiger partial charge in [-0.3, -0.25) is 4.79 Å². The summed E-state index contributed by atoms with van der Waals surface area (Å²) in [5.41, 5.74) is 2.58. The average Bonchev–Trinajstić information content (AvgIpc) is 2.59. The summed E-state index contributed by atoms with van der Waals surface area (Å²) in [6.45, 7) is 4.49. The van der Waals surface area contributed by atoms with Gasteiger partial charge in [-0.1, -0.05) is 30.7 Å². The summed E-state index contributed by atoms with van der Waals surface area (Å²) >= 11 is 0. The van der Waals surface area contributed by atoms with Crippen LogP contribution in [0.2, 0.25) is 0 Å². The van der Waals surface area contributed by atoms with Crippen LogP contribution in [0.15, 0.2) is 24.3 Å². The fourth-order valence-electron chi connectivity index (χ4n) is 3.38. The van der Waals surface area contributed by atoms with E-state index >= 15 is 0 Å². The third-order valence-electron chi connectivity index (χ3n) is 4.68. The molecule has 1 aromatic rings. The van der Waals surface area contributed by atoms with Crippen LogP contribution in [-0.2, 0) is 16.0 Å². The minimum Gasteiger partial charge on any atom is -0.371 e. The zero-order valence-corrected chi connectivity index (χ0v) is 13.2. The van der Waals surface area contributed by atoms with E-state index in [1.807, 2.05) is 6.07 Å². The number of carbonyl (C=O) groups is 1. The van der Waals surface area contributed by atoms with Crippen LogP contribution in [-0.4, -0.2) is 43.6 Å². The summed E-state index contributed by atoms with van der Waals surface area (Å²) in [6, 6.07) is 8.37. The molecule has 0 aliphatic carbocycles. The third-order valence-corrected chi connectivity index (χ3v) is 4.68. The first-order valence-electron chi connectivity index (χ1n) is 8.51. The number of piperidine rings is 1. The quantitative estimate of drug-likeness (QED) is 0.907. The van der Waals surface area contributed by atoms with Crippen molar-refractivity contribution in [2.75, 3.05) is 32.8 Å². The van der Waals surface area contributed by atoms with Crippen molar-refractivity contribution in [3.05, 3.63) is 35.4 Å². The lowest BCUT2D eigenvalue weighted by atomic mass is 9.97. The van der Waals surface area contributed by atoms with Crippen molar-refractivity contribution in [3.8, 4) is 0 Å². The number of ether oxygens (including phenoxy) is 1. The Labute approximate surface area is 132 Å². The second-order valence-electron chi connectivity index (χ2n) is 6.26. The Morgan fingerprint density at radius 2 is 2.05 bits per heavy atom. The van der Waals surface area contributed by atoms with Crippen LogP contribution < -0.4 is 5.32 Å². The van der Waals surface area contributed by atoms with E-state index in [0.717, 1.165) is 32.7 Å². The van der Waals surface area contributed by atoms with Crippen molar-refractivity contribution in [3.63, 3.8) is 0 Å². The number of carbonyl (C=O) groups excluding carboxylic acids is 1. The highest BCUT2D eigenvalue weighted by molar-refractivity contribution is 5.76. The molecule has 0 aromatic heterocycles. The molecule has 1 aromatic carbocycles. The fourth-order valence-corrected chi connectivity index (χ4v) is 3.38. The maximum absolute atomic E-state index is 12.0. The number of nitrogens with one attached hydrogen (secondary N) is 1. The molecule has 1 N–H and O–H groups in total. The predicted molar refractivity (Wildman–Crippen MR) is 86.8 cm³/mol. The van der Waals surface area contributed by atoms with Crippen LogP contribution >= 0.6 is 0 Å². The lowest BCUT2D eigenvalue weighted by Gasteiger charge is -2.27. The molecular weight excluding hydrogens is 276 g/mol. The number of nitrogens with zero attached hydrogens (tertiary/aromatic N) is 1. The molecule has 22 heavy (non-hydrogen) atoms. The van der Waals surface area contributed by atoms with Crippen molar-refractivity contribution in [2.24, 2.45) is 0 Å². The largest absolute Gasteiger partial charge is 0.371 e. The van der Waals surface area contributed by atoms with Gasteiger partial charge in [-0.25, -0.2) is 0 Å².